The predicted octanol–water partition coefficient (Wildman–Crippen LogP) is 4.99. The third-order valence-electron chi connectivity index (χ3n) is 5.23. The summed E-state index contributed by atoms with van der Waals surface area (Å²) < 4.78 is 0. The quantitative estimate of drug-likeness (QED) is 0.584. The van der Waals surface area contributed by atoms with Crippen molar-refractivity contribution in [1.29, 1.82) is 0 Å². The first kappa shape index (κ1) is 17.6. The number of fused-ring (bicyclic) bond motifs is 1. The van der Waals surface area contributed by atoms with E-state index in [1.54, 1.807) is 6.20 Å². The number of aromatic nitrogens is 1. The van der Waals surface area contributed by atoms with Gasteiger partial charge in [-0.2, -0.15) is 0 Å². The number of rotatable bonds is 6. The molecule has 0 unspecified atom stereocenters. The molecule has 3 heteroatoms. The average Bonchev–Trinajstić information content (AvgIpc) is 2.74. The molecule has 1 aromatic heterocycles. The molecule has 0 aliphatic carbocycles. The predicted molar refractivity (Wildman–Crippen MR) is 111 cm³/mol. The third-order valence-corrected chi connectivity index (χ3v) is 5.23. The molecule has 1 aliphatic rings. The lowest BCUT2D eigenvalue weighted by atomic mass is 9.99. The van der Waals surface area contributed by atoms with Crippen LogP contribution in [-0.2, 0) is 0 Å². The van der Waals surface area contributed by atoms with Crippen molar-refractivity contribution in [3.63, 3.8) is 0 Å². The van der Waals surface area contributed by atoms with E-state index in [1.165, 1.54) is 11.1 Å². The number of hydrogen-bond donors (Lipinski definition) is 0. The molecule has 0 bridgehead atoms. The summed E-state index contributed by atoms with van der Waals surface area (Å²) in [6.45, 7) is 2.99. The smallest absolute Gasteiger partial charge is 0.164 e. The average molecular weight is 356 g/mol. The molecule has 0 spiro atoms. The molecule has 1 aliphatic heterocycles. The van der Waals surface area contributed by atoms with Crippen LogP contribution in [0.5, 0.6) is 0 Å². The van der Waals surface area contributed by atoms with Crippen molar-refractivity contribution in [2.45, 2.75) is 19.3 Å². The van der Waals surface area contributed by atoms with E-state index in [4.69, 9.17) is 0 Å². The molecule has 0 atom stereocenters. The zero-order valence-electron chi connectivity index (χ0n) is 15.5. The van der Waals surface area contributed by atoms with Gasteiger partial charge >= 0.3 is 0 Å². The Kier molecular flexibility index (Phi) is 5.40. The number of carbonyl (C=O) groups is 1. The molecular formula is C24H24N2O. The van der Waals surface area contributed by atoms with Gasteiger partial charge in [-0.25, -0.2) is 0 Å². The van der Waals surface area contributed by atoms with Crippen molar-refractivity contribution in [2.24, 2.45) is 0 Å². The molecule has 3 nitrogen and oxygen atoms in total. The summed E-state index contributed by atoms with van der Waals surface area (Å²) in [5.74, 6) is 0.186. The Morgan fingerprint density at radius 1 is 1.04 bits per heavy atom. The van der Waals surface area contributed by atoms with Gasteiger partial charge in [0.2, 0.25) is 0 Å². The summed E-state index contributed by atoms with van der Waals surface area (Å²) in [6.07, 6.45) is 6.58. The van der Waals surface area contributed by atoms with Crippen molar-refractivity contribution >= 4 is 22.3 Å². The molecule has 2 aromatic carbocycles. The van der Waals surface area contributed by atoms with Crippen molar-refractivity contribution < 1.29 is 4.79 Å². The van der Waals surface area contributed by atoms with Crippen LogP contribution in [0.1, 0.15) is 35.2 Å². The summed E-state index contributed by atoms with van der Waals surface area (Å²) in [6, 6.07) is 20.5. The first-order valence-corrected chi connectivity index (χ1v) is 9.64. The highest BCUT2D eigenvalue weighted by atomic mass is 16.1. The number of benzene rings is 2. The molecule has 0 saturated heterocycles. The Morgan fingerprint density at radius 3 is 2.67 bits per heavy atom. The second-order valence-corrected chi connectivity index (χ2v) is 7.09. The molecule has 136 valence electrons. The summed E-state index contributed by atoms with van der Waals surface area (Å²) >= 11 is 0. The second kappa shape index (κ2) is 8.28. The Bertz CT molecular complexity index is 962. The van der Waals surface area contributed by atoms with E-state index in [1.807, 2.05) is 30.3 Å². The van der Waals surface area contributed by atoms with Gasteiger partial charge in [0.05, 0.1) is 5.52 Å². The van der Waals surface area contributed by atoms with Gasteiger partial charge in [-0.3, -0.25) is 14.7 Å². The highest BCUT2D eigenvalue weighted by molar-refractivity contribution is 5.98. The van der Waals surface area contributed by atoms with Crippen LogP contribution in [0.15, 0.2) is 72.9 Å². The number of hydrogen-bond acceptors (Lipinski definition) is 3. The van der Waals surface area contributed by atoms with Gasteiger partial charge in [-0.1, -0.05) is 54.6 Å². The maximum absolute atomic E-state index is 12.5. The molecular weight excluding hydrogens is 332 g/mol. The van der Waals surface area contributed by atoms with Crippen LogP contribution in [0.4, 0.5) is 0 Å². The highest BCUT2D eigenvalue weighted by Gasteiger charge is 2.14. The van der Waals surface area contributed by atoms with Crippen LogP contribution in [0, 0.1) is 0 Å². The first-order valence-electron chi connectivity index (χ1n) is 9.64. The topological polar surface area (TPSA) is 33.2 Å². The van der Waals surface area contributed by atoms with Crippen molar-refractivity contribution in [1.82, 2.24) is 9.88 Å². The molecule has 3 aromatic rings. The molecule has 0 fully saturated rings. The maximum Gasteiger partial charge on any atom is 0.164 e. The van der Waals surface area contributed by atoms with Gasteiger partial charge in [0.1, 0.15) is 0 Å². The largest absolute Gasteiger partial charge is 0.299 e. The van der Waals surface area contributed by atoms with Crippen LogP contribution in [0.25, 0.3) is 16.5 Å². The summed E-state index contributed by atoms with van der Waals surface area (Å²) in [5, 5.41) is 1.03. The fourth-order valence-electron chi connectivity index (χ4n) is 3.66. The number of carbonyl (C=O) groups excluding carboxylic acids is 1. The first-order chi connectivity index (χ1) is 13.3. The van der Waals surface area contributed by atoms with Crippen LogP contribution < -0.4 is 0 Å². The van der Waals surface area contributed by atoms with E-state index in [9.17, 15) is 4.79 Å². The minimum absolute atomic E-state index is 0.186. The fourth-order valence-corrected chi connectivity index (χ4v) is 3.66. The summed E-state index contributed by atoms with van der Waals surface area (Å²) in [5.41, 5.74) is 4.42. The lowest BCUT2D eigenvalue weighted by Gasteiger charge is -2.26. The minimum Gasteiger partial charge on any atom is -0.299 e. The molecule has 0 amide bonds. The van der Waals surface area contributed by atoms with Crippen molar-refractivity contribution in [2.75, 3.05) is 19.6 Å². The third kappa shape index (κ3) is 4.32. The Balaban J connectivity index is 1.28. The number of Topliss-reactive ketones (excluding diaryl/α,β-unsaturated/α-hetero) is 1. The maximum atomic E-state index is 12.5. The van der Waals surface area contributed by atoms with E-state index in [0.717, 1.165) is 48.9 Å². The van der Waals surface area contributed by atoms with Gasteiger partial charge in [0.15, 0.2) is 5.78 Å². The minimum atomic E-state index is 0.186. The molecule has 0 saturated carbocycles. The number of nitrogens with zero attached hydrogens (tertiary/aromatic N) is 2. The molecule has 0 radical (unpaired) electrons. The van der Waals surface area contributed by atoms with Crippen LogP contribution >= 0.6 is 0 Å². The monoisotopic (exact) mass is 356 g/mol. The standard InChI is InChI=1S/C24H24N2O/c27-24(22-17-21-9-4-5-10-23(21)25-18-22)11-6-14-26-15-12-20(13-16-26)19-7-2-1-3-8-19/h1-5,7-10,12,17-18H,6,11,13-16H2. The SMILES string of the molecule is O=C(CCCN1CC=C(c2ccccc2)CC1)c1cnc2ccccc2c1. The highest BCUT2D eigenvalue weighted by Crippen LogP contribution is 2.22. The van der Waals surface area contributed by atoms with E-state index < -0.39 is 0 Å². The Morgan fingerprint density at radius 2 is 1.85 bits per heavy atom. The fraction of sp³-hybridized carbons (Fsp3) is 0.250. The van der Waals surface area contributed by atoms with Gasteiger partial charge in [-0.15, -0.1) is 0 Å². The van der Waals surface area contributed by atoms with Gasteiger partial charge in [0.25, 0.3) is 0 Å². The lowest BCUT2D eigenvalue weighted by Crippen LogP contribution is -2.29. The van der Waals surface area contributed by atoms with Gasteiger partial charge in [-0.05, 0) is 42.7 Å². The molecule has 2 heterocycles. The van der Waals surface area contributed by atoms with E-state index in [2.05, 4.69) is 46.3 Å². The van der Waals surface area contributed by atoms with Crippen molar-refractivity contribution in [3.8, 4) is 0 Å². The van der Waals surface area contributed by atoms with E-state index >= 15 is 0 Å². The molecule has 0 N–H and O–H groups in total. The molecule has 27 heavy (non-hydrogen) atoms. The summed E-state index contributed by atoms with van der Waals surface area (Å²) in [4.78, 5) is 19.3. The lowest BCUT2D eigenvalue weighted by molar-refractivity contribution is 0.0975. The molecule has 4 rings (SSSR count). The zero-order chi connectivity index (χ0) is 18.5. The van der Waals surface area contributed by atoms with E-state index in [0.29, 0.717) is 6.42 Å². The Hall–Kier alpha value is -2.78. The Labute approximate surface area is 160 Å². The number of ketones is 1. The second-order valence-electron chi connectivity index (χ2n) is 7.09. The van der Waals surface area contributed by atoms with Gasteiger partial charge in [0, 0.05) is 36.7 Å². The van der Waals surface area contributed by atoms with E-state index in [-0.39, 0.29) is 5.78 Å². The van der Waals surface area contributed by atoms with Crippen LogP contribution in [0.2, 0.25) is 0 Å². The van der Waals surface area contributed by atoms with Crippen LogP contribution in [0.3, 0.4) is 0 Å². The van der Waals surface area contributed by atoms with Crippen molar-refractivity contribution in [3.05, 3.63) is 84.1 Å². The normalized spacial score (nSPS) is 14.9. The number of para-hydroxylation sites is 1. The van der Waals surface area contributed by atoms with Crippen LogP contribution in [-0.4, -0.2) is 35.3 Å². The van der Waals surface area contributed by atoms with Gasteiger partial charge < -0.3 is 0 Å². The summed E-state index contributed by atoms with van der Waals surface area (Å²) in [7, 11) is 0. The zero-order valence-corrected chi connectivity index (χ0v) is 15.5. The number of pyridine rings is 1.